The topological polar surface area (TPSA) is 52.4 Å². The van der Waals surface area contributed by atoms with Gasteiger partial charge >= 0.3 is 0 Å². The Morgan fingerprint density at radius 3 is 1.23 bits per heavy atom. The number of para-hydroxylation sites is 5. The van der Waals surface area contributed by atoms with Crippen molar-refractivity contribution in [2.45, 2.75) is 0 Å². The summed E-state index contributed by atoms with van der Waals surface area (Å²) in [7, 11) is 0. The summed E-state index contributed by atoms with van der Waals surface area (Å²) in [6.45, 7) is 0. The van der Waals surface area contributed by atoms with Gasteiger partial charge in [-0.2, -0.15) is 0 Å². The lowest BCUT2D eigenvalue weighted by atomic mass is 9.93. The molecule has 0 atom stereocenters. The van der Waals surface area contributed by atoms with Crippen molar-refractivity contribution in [1.29, 1.82) is 0 Å². The van der Waals surface area contributed by atoms with Gasteiger partial charge in [-0.1, -0.05) is 164 Å². The van der Waals surface area contributed by atoms with Crippen LogP contribution >= 0.6 is 0 Å². The van der Waals surface area contributed by atoms with Crippen LogP contribution in [0.3, 0.4) is 0 Å². The first-order chi connectivity index (χ1) is 34.7. The maximum absolute atomic E-state index is 7.04. The number of aromatic nitrogens is 3. The Balaban J connectivity index is 1.07. The Morgan fingerprint density at radius 1 is 0.314 bits per heavy atom. The number of ether oxygens (including phenoxy) is 2. The molecule has 0 spiro atoms. The van der Waals surface area contributed by atoms with E-state index < -0.39 is 0 Å². The zero-order valence-corrected chi connectivity index (χ0v) is 37.7. The number of hydrogen-bond acceptors (Lipinski definition) is 5. The molecule has 328 valence electrons. The molecule has 0 N–H and O–H groups in total. The van der Waals surface area contributed by atoms with Gasteiger partial charge < -0.3 is 9.47 Å². The highest BCUT2D eigenvalue weighted by molar-refractivity contribution is 6.17. The van der Waals surface area contributed by atoms with Gasteiger partial charge in [0.15, 0.2) is 23.0 Å². The summed E-state index contributed by atoms with van der Waals surface area (Å²) in [4.78, 5) is 13.5. The Hall–Kier alpha value is -9.52. The third kappa shape index (κ3) is 6.57. The average molecular weight is 897 g/mol. The minimum absolute atomic E-state index is 0.521. The van der Waals surface area contributed by atoms with Gasteiger partial charge in [-0.15, -0.1) is 0 Å². The SMILES string of the molecule is c1ccc(-c2cc(-c3ccccc3)cc(-c3cc(-c4cc(-c5ccccc5)cc(-c5ccccc5)c4)nc(-n4c5ccccc5c5c6c7c(cc54)Oc4ccccc4N7c4ccccc4O6)n3)c2)cc1. The lowest BCUT2D eigenvalue weighted by Crippen LogP contribution is -2.20. The summed E-state index contributed by atoms with van der Waals surface area (Å²) >= 11 is 0. The Bertz CT molecular complexity index is 3730. The highest BCUT2D eigenvalue weighted by Crippen LogP contribution is 2.62. The maximum atomic E-state index is 7.04. The standard InChI is InChI=1S/C64H40N4O2/c1-5-19-41(20-6-1)45-33-46(42-21-7-2-8-22-42)36-49(35-45)52-39-53(50-37-47(43-23-9-3-10-24-43)34-48(38-50)44-25-11-4-12-26-44)66-64(65-52)68-54-28-14-13-27-51(54)61-57(68)40-60-62-63(61)70-59-32-18-16-30-56(59)67(62)55-29-15-17-31-58(55)69-60/h1-40H. The van der Waals surface area contributed by atoms with Crippen molar-refractivity contribution in [2.24, 2.45) is 0 Å². The van der Waals surface area contributed by atoms with Gasteiger partial charge in [-0.05, 0) is 117 Å². The lowest BCUT2D eigenvalue weighted by Gasteiger charge is -2.38. The molecule has 0 amide bonds. The molecule has 6 nitrogen and oxygen atoms in total. The number of benzene rings is 10. The van der Waals surface area contributed by atoms with E-state index in [-0.39, 0.29) is 0 Å². The van der Waals surface area contributed by atoms with E-state index in [1.54, 1.807) is 0 Å². The van der Waals surface area contributed by atoms with Gasteiger partial charge in [-0.25, -0.2) is 9.97 Å². The Labute approximate surface area is 404 Å². The molecule has 2 aliphatic rings. The van der Waals surface area contributed by atoms with E-state index in [2.05, 4.69) is 216 Å². The summed E-state index contributed by atoms with van der Waals surface area (Å²) in [5, 5.41) is 1.96. The molecule has 0 unspecified atom stereocenters. The zero-order chi connectivity index (χ0) is 46.1. The molecule has 6 heteroatoms. The second-order valence-electron chi connectivity index (χ2n) is 17.8. The van der Waals surface area contributed by atoms with Gasteiger partial charge in [-0.3, -0.25) is 9.47 Å². The summed E-state index contributed by atoms with van der Waals surface area (Å²) in [5.41, 5.74) is 17.0. The summed E-state index contributed by atoms with van der Waals surface area (Å²) in [6, 6.07) is 85.0. The third-order valence-corrected chi connectivity index (χ3v) is 13.5. The molecule has 70 heavy (non-hydrogen) atoms. The van der Waals surface area contributed by atoms with Crippen molar-refractivity contribution in [3.8, 4) is 96.0 Å². The quantitative estimate of drug-likeness (QED) is 0.160. The third-order valence-electron chi connectivity index (χ3n) is 13.5. The molecule has 0 radical (unpaired) electrons. The van der Waals surface area contributed by atoms with Gasteiger partial charge in [0.05, 0.1) is 39.2 Å². The average Bonchev–Trinajstić information content (AvgIpc) is 3.77. The first kappa shape index (κ1) is 39.6. The molecule has 0 saturated heterocycles. The molecule has 2 aliphatic heterocycles. The lowest BCUT2D eigenvalue weighted by molar-refractivity contribution is 0.450. The van der Waals surface area contributed by atoms with Crippen molar-refractivity contribution in [3.05, 3.63) is 243 Å². The van der Waals surface area contributed by atoms with Crippen LogP contribution in [0.25, 0.3) is 94.8 Å². The van der Waals surface area contributed by atoms with E-state index in [4.69, 9.17) is 19.4 Å². The fourth-order valence-corrected chi connectivity index (χ4v) is 10.3. The van der Waals surface area contributed by atoms with E-state index in [1.807, 2.05) is 36.4 Å². The Kier molecular flexibility index (Phi) is 9.10. The number of anilines is 3. The zero-order valence-electron chi connectivity index (χ0n) is 37.7. The second kappa shape index (κ2) is 16.1. The van der Waals surface area contributed by atoms with Gasteiger partial charge in [0, 0.05) is 22.6 Å². The van der Waals surface area contributed by atoms with Crippen LogP contribution in [0.15, 0.2) is 243 Å². The first-order valence-electron chi connectivity index (χ1n) is 23.5. The smallest absolute Gasteiger partial charge is 0.235 e. The van der Waals surface area contributed by atoms with E-state index in [0.717, 1.165) is 123 Å². The van der Waals surface area contributed by atoms with E-state index in [1.165, 1.54) is 0 Å². The first-order valence-corrected chi connectivity index (χ1v) is 23.5. The second-order valence-corrected chi connectivity index (χ2v) is 17.8. The highest BCUT2D eigenvalue weighted by atomic mass is 16.5. The van der Waals surface area contributed by atoms with Crippen LogP contribution in [0, 0.1) is 0 Å². The number of hydrogen-bond donors (Lipinski definition) is 0. The van der Waals surface area contributed by atoms with E-state index in [0.29, 0.717) is 11.7 Å². The number of fused-ring (bicyclic) bond motifs is 8. The monoisotopic (exact) mass is 896 g/mol. The van der Waals surface area contributed by atoms with Crippen molar-refractivity contribution in [2.75, 3.05) is 4.90 Å². The molecule has 4 heterocycles. The molecule has 0 aliphatic carbocycles. The minimum atomic E-state index is 0.521. The Morgan fingerprint density at radius 2 is 0.729 bits per heavy atom. The minimum Gasteiger partial charge on any atom is -0.453 e. The van der Waals surface area contributed by atoms with Crippen molar-refractivity contribution in [1.82, 2.24) is 14.5 Å². The van der Waals surface area contributed by atoms with Crippen LogP contribution in [0.2, 0.25) is 0 Å². The molecule has 12 aromatic rings. The molecule has 0 fully saturated rings. The molecular weight excluding hydrogens is 857 g/mol. The number of rotatable bonds is 7. The van der Waals surface area contributed by atoms with Crippen molar-refractivity contribution >= 4 is 38.9 Å². The summed E-state index contributed by atoms with van der Waals surface area (Å²) in [5.74, 6) is 3.45. The van der Waals surface area contributed by atoms with Crippen molar-refractivity contribution < 1.29 is 9.47 Å². The van der Waals surface area contributed by atoms with Crippen LogP contribution < -0.4 is 14.4 Å². The molecular formula is C64H40N4O2. The fraction of sp³-hybridized carbons (Fsp3) is 0. The number of nitrogens with zero attached hydrogens (tertiary/aromatic N) is 4. The van der Waals surface area contributed by atoms with E-state index >= 15 is 0 Å². The molecule has 10 aromatic carbocycles. The maximum Gasteiger partial charge on any atom is 0.235 e. The molecule has 14 rings (SSSR count). The van der Waals surface area contributed by atoms with Crippen LogP contribution in [-0.4, -0.2) is 14.5 Å². The van der Waals surface area contributed by atoms with Crippen molar-refractivity contribution in [3.63, 3.8) is 0 Å². The molecule has 2 aromatic heterocycles. The normalized spacial score (nSPS) is 12.2. The predicted octanol–water partition coefficient (Wildman–Crippen LogP) is 17.3. The van der Waals surface area contributed by atoms with E-state index in [9.17, 15) is 0 Å². The fourth-order valence-electron chi connectivity index (χ4n) is 10.3. The highest BCUT2D eigenvalue weighted by Gasteiger charge is 2.37. The molecule has 0 bridgehead atoms. The van der Waals surface area contributed by atoms with Crippen LogP contribution in [-0.2, 0) is 0 Å². The van der Waals surface area contributed by atoms with Crippen LogP contribution in [0.5, 0.6) is 23.0 Å². The van der Waals surface area contributed by atoms with Gasteiger partial charge in [0.2, 0.25) is 5.95 Å². The van der Waals surface area contributed by atoms with Gasteiger partial charge in [0.1, 0.15) is 5.69 Å². The van der Waals surface area contributed by atoms with Gasteiger partial charge in [0.25, 0.3) is 0 Å². The largest absolute Gasteiger partial charge is 0.453 e. The summed E-state index contributed by atoms with van der Waals surface area (Å²) in [6.07, 6.45) is 0. The molecule has 0 saturated carbocycles. The van der Waals surface area contributed by atoms with Crippen LogP contribution in [0.4, 0.5) is 17.1 Å². The summed E-state index contributed by atoms with van der Waals surface area (Å²) < 4.78 is 16.1. The predicted molar refractivity (Wildman–Crippen MR) is 284 cm³/mol. The van der Waals surface area contributed by atoms with Crippen LogP contribution in [0.1, 0.15) is 0 Å².